The van der Waals surface area contributed by atoms with Crippen molar-refractivity contribution in [1.29, 1.82) is 0 Å². The summed E-state index contributed by atoms with van der Waals surface area (Å²) in [6, 6.07) is 6.86. The molecule has 2 rings (SSSR count). The Morgan fingerprint density at radius 2 is 1.74 bits per heavy atom. The summed E-state index contributed by atoms with van der Waals surface area (Å²) in [6.07, 6.45) is 1.16. The summed E-state index contributed by atoms with van der Waals surface area (Å²) in [5.74, 6) is 0.341. The van der Waals surface area contributed by atoms with Gasteiger partial charge >= 0.3 is 5.97 Å². The van der Waals surface area contributed by atoms with Crippen molar-refractivity contribution in [3.8, 4) is 11.5 Å². The summed E-state index contributed by atoms with van der Waals surface area (Å²) in [5, 5.41) is 2.56. The van der Waals surface area contributed by atoms with Crippen molar-refractivity contribution >= 4 is 17.8 Å². The van der Waals surface area contributed by atoms with Crippen LogP contribution in [0, 0.1) is 5.92 Å². The maximum absolute atomic E-state index is 12.2. The van der Waals surface area contributed by atoms with Crippen LogP contribution in [0.2, 0.25) is 0 Å². The maximum Gasteiger partial charge on any atom is 0.309 e. The second kappa shape index (κ2) is 10.4. The van der Waals surface area contributed by atoms with Crippen molar-refractivity contribution < 1.29 is 28.6 Å². The Bertz CT molecular complexity index is 638. The third-order valence-corrected chi connectivity index (χ3v) is 4.33. The zero-order chi connectivity index (χ0) is 19.6. The molecule has 2 amide bonds. The Morgan fingerprint density at radius 3 is 2.33 bits per heavy atom. The number of rotatable bonds is 8. The minimum atomic E-state index is -0.374. The molecule has 0 bridgehead atoms. The molecule has 1 fully saturated rings. The van der Waals surface area contributed by atoms with Crippen LogP contribution in [-0.2, 0) is 19.1 Å². The van der Waals surface area contributed by atoms with Crippen LogP contribution in [0.3, 0.4) is 0 Å². The molecule has 148 valence electrons. The molecule has 0 radical (unpaired) electrons. The number of amides is 2. The van der Waals surface area contributed by atoms with Crippen molar-refractivity contribution in [3.63, 3.8) is 0 Å². The predicted octanol–water partition coefficient (Wildman–Crippen LogP) is 0.992. The Morgan fingerprint density at radius 1 is 1.11 bits per heavy atom. The van der Waals surface area contributed by atoms with Crippen molar-refractivity contribution in [2.24, 2.45) is 5.92 Å². The molecule has 8 nitrogen and oxygen atoms in total. The van der Waals surface area contributed by atoms with Crippen molar-refractivity contribution in [3.05, 3.63) is 24.3 Å². The van der Waals surface area contributed by atoms with E-state index in [1.54, 1.807) is 43.2 Å². The van der Waals surface area contributed by atoms with Gasteiger partial charge in [0.05, 0.1) is 26.2 Å². The van der Waals surface area contributed by atoms with E-state index in [9.17, 15) is 14.4 Å². The Kier molecular flexibility index (Phi) is 7.91. The van der Waals surface area contributed by atoms with E-state index in [1.807, 2.05) is 0 Å². The molecule has 1 N–H and O–H groups in total. The van der Waals surface area contributed by atoms with E-state index in [1.165, 1.54) is 0 Å². The van der Waals surface area contributed by atoms with Crippen LogP contribution < -0.4 is 14.8 Å². The molecular weight excluding hydrogens is 352 g/mol. The number of carbonyl (C=O) groups excluding carboxylic acids is 3. The highest BCUT2D eigenvalue weighted by Crippen LogP contribution is 2.19. The van der Waals surface area contributed by atoms with Crippen molar-refractivity contribution in [2.75, 3.05) is 40.0 Å². The van der Waals surface area contributed by atoms with E-state index in [0.29, 0.717) is 44.0 Å². The first-order chi connectivity index (χ1) is 13.0. The second-order valence-corrected chi connectivity index (χ2v) is 6.15. The van der Waals surface area contributed by atoms with Gasteiger partial charge in [-0.1, -0.05) is 0 Å². The summed E-state index contributed by atoms with van der Waals surface area (Å²) in [5.41, 5.74) is 0. The fourth-order valence-corrected chi connectivity index (χ4v) is 2.78. The molecule has 0 atom stereocenters. The number of nitrogens with one attached hydrogen (secondary N) is 1. The molecule has 1 aliphatic rings. The minimum absolute atomic E-state index is 0.0884. The van der Waals surface area contributed by atoms with Gasteiger partial charge in [0.1, 0.15) is 11.5 Å². The molecule has 0 aliphatic carbocycles. The number of nitrogens with zero attached hydrogens (tertiary/aromatic N) is 1. The monoisotopic (exact) mass is 378 g/mol. The SMILES string of the molecule is CCOC(=O)C1CCN(C(=O)CNC(=O)COc2ccc(OC)cc2)CC1. The fraction of sp³-hybridized carbons (Fsp3) is 0.526. The quantitative estimate of drug-likeness (QED) is 0.678. The van der Waals surface area contributed by atoms with E-state index in [2.05, 4.69) is 5.32 Å². The first-order valence-electron chi connectivity index (χ1n) is 9.01. The summed E-state index contributed by atoms with van der Waals surface area (Å²) in [4.78, 5) is 37.4. The van der Waals surface area contributed by atoms with Crippen LogP contribution >= 0.6 is 0 Å². The summed E-state index contributed by atoms with van der Waals surface area (Å²) >= 11 is 0. The molecule has 1 aromatic rings. The van der Waals surface area contributed by atoms with E-state index in [-0.39, 0.29) is 36.9 Å². The smallest absolute Gasteiger partial charge is 0.309 e. The van der Waals surface area contributed by atoms with Gasteiger partial charge in [0.2, 0.25) is 5.91 Å². The largest absolute Gasteiger partial charge is 0.497 e. The molecule has 27 heavy (non-hydrogen) atoms. The zero-order valence-corrected chi connectivity index (χ0v) is 15.7. The van der Waals surface area contributed by atoms with Gasteiger partial charge in [0, 0.05) is 13.1 Å². The van der Waals surface area contributed by atoms with Crippen LogP contribution in [0.5, 0.6) is 11.5 Å². The number of ether oxygens (including phenoxy) is 3. The number of esters is 1. The fourth-order valence-electron chi connectivity index (χ4n) is 2.78. The second-order valence-electron chi connectivity index (χ2n) is 6.15. The molecule has 0 saturated carbocycles. The van der Waals surface area contributed by atoms with Crippen LogP contribution in [0.1, 0.15) is 19.8 Å². The van der Waals surface area contributed by atoms with Gasteiger partial charge in [0.25, 0.3) is 5.91 Å². The highest BCUT2D eigenvalue weighted by atomic mass is 16.5. The third kappa shape index (κ3) is 6.47. The summed E-state index contributed by atoms with van der Waals surface area (Å²) in [7, 11) is 1.57. The topological polar surface area (TPSA) is 94.2 Å². The van der Waals surface area contributed by atoms with Crippen molar-refractivity contribution in [2.45, 2.75) is 19.8 Å². The number of hydrogen-bond acceptors (Lipinski definition) is 6. The van der Waals surface area contributed by atoms with Gasteiger partial charge in [-0.15, -0.1) is 0 Å². The third-order valence-electron chi connectivity index (χ3n) is 4.33. The molecule has 1 heterocycles. The zero-order valence-electron chi connectivity index (χ0n) is 15.7. The van der Waals surface area contributed by atoms with Crippen LogP contribution in [0.15, 0.2) is 24.3 Å². The first-order valence-corrected chi connectivity index (χ1v) is 9.01. The van der Waals surface area contributed by atoms with E-state index >= 15 is 0 Å². The van der Waals surface area contributed by atoms with Crippen LogP contribution in [0.25, 0.3) is 0 Å². The Hall–Kier alpha value is -2.77. The molecule has 0 spiro atoms. The van der Waals surface area contributed by atoms with Crippen LogP contribution in [0.4, 0.5) is 0 Å². The van der Waals surface area contributed by atoms with E-state index < -0.39 is 0 Å². The number of carbonyl (C=O) groups is 3. The lowest BCUT2D eigenvalue weighted by Gasteiger charge is -2.30. The molecule has 1 aromatic carbocycles. The van der Waals surface area contributed by atoms with Gasteiger partial charge < -0.3 is 24.4 Å². The summed E-state index contributed by atoms with van der Waals surface area (Å²) in [6.45, 7) is 2.85. The molecule has 0 aromatic heterocycles. The predicted molar refractivity (Wildman–Crippen MR) is 97.4 cm³/mol. The van der Waals surface area contributed by atoms with Gasteiger partial charge in [-0.25, -0.2) is 0 Å². The summed E-state index contributed by atoms with van der Waals surface area (Å²) < 4.78 is 15.4. The Labute approximate surface area is 158 Å². The highest BCUT2D eigenvalue weighted by molar-refractivity contribution is 5.85. The number of benzene rings is 1. The maximum atomic E-state index is 12.2. The lowest BCUT2D eigenvalue weighted by molar-refractivity contribution is -0.151. The molecule has 1 aliphatic heterocycles. The first kappa shape index (κ1) is 20.5. The average molecular weight is 378 g/mol. The van der Waals surface area contributed by atoms with Gasteiger partial charge in [-0.3, -0.25) is 14.4 Å². The number of piperidine rings is 1. The average Bonchev–Trinajstić information content (AvgIpc) is 2.71. The lowest BCUT2D eigenvalue weighted by Crippen LogP contribution is -2.45. The van der Waals surface area contributed by atoms with Gasteiger partial charge in [-0.2, -0.15) is 0 Å². The minimum Gasteiger partial charge on any atom is -0.497 e. The highest BCUT2D eigenvalue weighted by Gasteiger charge is 2.28. The normalized spacial score (nSPS) is 14.4. The van der Waals surface area contributed by atoms with E-state index in [0.717, 1.165) is 0 Å². The van der Waals surface area contributed by atoms with E-state index in [4.69, 9.17) is 14.2 Å². The standard InChI is InChI=1S/C19H26N2O6/c1-3-26-19(24)14-8-10-21(11-9-14)18(23)12-20-17(22)13-27-16-6-4-15(25-2)5-7-16/h4-7,14H,3,8-13H2,1-2H3,(H,20,22). The molecular formula is C19H26N2O6. The van der Waals surface area contributed by atoms with Gasteiger partial charge in [-0.05, 0) is 44.0 Å². The number of methoxy groups -OCH3 is 1. The molecule has 1 saturated heterocycles. The van der Waals surface area contributed by atoms with Crippen molar-refractivity contribution in [1.82, 2.24) is 10.2 Å². The van der Waals surface area contributed by atoms with Crippen LogP contribution in [-0.4, -0.2) is 62.6 Å². The van der Waals surface area contributed by atoms with Gasteiger partial charge in [0.15, 0.2) is 6.61 Å². The Balaban J connectivity index is 1.66. The number of likely N-dealkylation sites (tertiary alicyclic amines) is 1. The molecule has 0 unspecified atom stereocenters. The number of hydrogen-bond donors (Lipinski definition) is 1. The lowest BCUT2D eigenvalue weighted by atomic mass is 9.97. The molecule has 8 heteroatoms.